The molecule has 0 bridgehead atoms. The van der Waals surface area contributed by atoms with E-state index in [2.05, 4.69) is 37.3 Å². The van der Waals surface area contributed by atoms with Gasteiger partial charge in [-0.1, -0.05) is 13.8 Å². The minimum atomic E-state index is -3.48. The molecular weight excluding hydrogens is 352 g/mol. The Bertz CT molecular complexity index is 636. The van der Waals surface area contributed by atoms with Gasteiger partial charge in [0.2, 0.25) is 10.0 Å². The third-order valence-corrected chi connectivity index (χ3v) is 5.63. The molecule has 0 saturated carbocycles. The molecule has 2 rings (SSSR count). The molecule has 1 heterocycles. The van der Waals surface area contributed by atoms with Crippen LogP contribution in [0.1, 0.15) is 34.1 Å². The van der Waals surface area contributed by atoms with Gasteiger partial charge in [-0.25, -0.2) is 13.1 Å². The predicted octanol–water partition coefficient (Wildman–Crippen LogP) is 2.50. The van der Waals surface area contributed by atoms with Crippen LogP contribution in [-0.4, -0.2) is 58.3 Å². The fourth-order valence-electron chi connectivity index (χ4n) is 3.04. The minimum absolute atomic E-state index is 0.229. The fourth-order valence-corrected chi connectivity index (χ4v) is 4.11. The summed E-state index contributed by atoms with van der Waals surface area (Å²) in [6.45, 7) is 12.0. The molecule has 0 aromatic heterocycles. The zero-order valence-electron chi connectivity index (χ0n) is 16.3. The van der Waals surface area contributed by atoms with E-state index >= 15 is 0 Å². The molecule has 0 unspecified atom stereocenters. The highest BCUT2D eigenvalue weighted by molar-refractivity contribution is 7.89. The average molecular weight is 385 g/mol. The maximum Gasteiger partial charge on any atom is 0.240 e. The molecule has 0 spiro atoms. The van der Waals surface area contributed by atoms with Gasteiger partial charge >= 0.3 is 0 Å². The van der Waals surface area contributed by atoms with Crippen molar-refractivity contribution in [2.45, 2.75) is 51.2 Å². The molecule has 1 aliphatic rings. The van der Waals surface area contributed by atoms with E-state index in [1.54, 1.807) is 24.3 Å². The number of nitrogens with one attached hydrogen (secondary N) is 1. The zero-order chi connectivity index (χ0) is 19.2. The number of sulfonamides is 1. The Balaban J connectivity index is 1.77. The first-order valence-corrected chi connectivity index (χ1v) is 10.8. The van der Waals surface area contributed by atoms with Crippen molar-refractivity contribution in [3.05, 3.63) is 24.3 Å². The van der Waals surface area contributed by atoms with E-state index in [0.717, 1.165) is 26.1 Å². The summed E-state index contributed by atoms with van der Waals surface area (Å²) in [5.41, 5.74) is 0. The van der Waals surface area contributed by atoms with E-state index in [9.17, 15) is 8.42 Å². The van der Waals surface area contributed by atoms with Crippen LogP contribution in [0.15, 0.2) is 29.2 Å². The lowest BCUT2D eigenvalue weighted by Gasteiger charge is -2.35. The van der Waals surface area contributed by atoms with Crippen molar-refractivity contribution < 1.29 is 17.9 Å². The average Bonchev–Trinajstić information content (AvgIpc) is 2.56. The van der Waals surface area contributed by atoms with E-state index in [1.165, 1.54) is 0 Å². The maximum absolute atomic E-state index is 12.4. The Hall–Kier alpha value is -1.15. The van der Waals surface area contributed by atoms with Gasteiger partial charge in [0.1, 0.15) is 5.75 Å². The summed E-state index contributed by atoms with van der Waals surface area (Å²) in [5.74, 6) is 1.12. The number of morpholine rings is 1. The summed E-state index contributed by atoms with van der Waals surface area (Å²) >= 11 is 0. The lowest BCUT2D eigenvalue weighted by atomic mass is 10.2. The lowest BCUT2D eigenvalue weighted by Crippen LogP contribution is -2.46. The molecule has 0 radical (unpaired) electrons. The fraction of sp³-hybridized carbons (Fsp3) is 0.684. The van der Waals surface area contributed by atoms with Crippen molar-refractivity contribution in [1.29, 1.82) is 0 Å². The molecule has 0 amide bonds. The number of ether oxygens (including phenoxy) is 2. The highest BCUT2D eigenvalue weighted by Gasteiger charge is 2.21. The zero-order valence-corrected chi connectivity index (χ0v) is 17.1. The number of hydrogen-bond acceptors (Lipinski definition) is 5. The molecular formula is C19H32N2O4S. The van der Waals surface area contributed by atoms with Crippen molar-refractivity contribution in [3.63, 3.8) is 0 Å². The number of rotatable bonds is 9. The highest BCUT2D eigenvalue weighted by Crippen LogP contribution is 2.17. The van der Waals surface area contributed by atoms with Crippen LogP contribution >= 0.6 is 0 Å². The van der Waals surface area contributed by atoms with Gasteiger partial charge in [0, 0.05) is 19.6 Å². The van der Waals surface area contributed by atoms with E-state index in [4.69, 9.17) is 9.47 Å². The van der Waals surface area contributed by atoms with Crippen LogP contribution in [0.2, 0.25) is 0 Å². The molecule has 1 aliphatic heterocycles. The van der Waals surface area contributed by atoms with Gasteiger partial charge in [-0.3, -0.25) is 4.90 Å². The van der Waals surface area contributed by atoms with Crippen LogP contribution < -0.4 is 9.46 Å². The Morgan fingerprint density at radius 3 is 2.38 bits per heavy atom. The van der Waals surface area contributed by atoms with Crippen LogP contribution in [0.4, 0.5) is 0 Å². The van der Waals surface area contributed by atoms with Gasteiger partial charge in [0.15, 0.2) is 0 Å². The molecule has 6 nitrogen and oxygen atoms in total. The van der Waals surface area contributed by atoms with E-state index in [1.807, 2.05) is 0 Å². The Labute approximate surface area is 157 Å². The third kappa shape index (κ3) is 6.87. The van der Waals surface area contributed by atoms with Crippen molar-refractivity contribution in [2.24, 2.45) is 5.92 Å². The summed E-state index contributed by atoms with van der Waals surface area (Å²) < 4.78 is 38.7. The second-order valence-electron chi connectivity index (χ2n) is 7.44. The molecule has 1 N–H and O–H groups in total. The topological polar surface area (TPSA) is 67.9 Å². The van der Waals surface area contributed by atoms with Gasteiger partial charge in [-0.15, -0.1) is 0 Å². The molecule has 1 aromatic carbocycles. The van der Waals surface area contributed by atoms with Crippen molar-refractivity contribution in [2.75, 3.05) is 32.8 Å². The second kappa shape index (κ2) is 9.69. The number of hydrogen-bond donors (Lipinski definition) is 1. The van der Waals surface area contributed by atoms with Gasteiger partial charge in [0.25, 0.3) is 0 Å². The SMILES string of the molecule is CC(C)COc1ccc(S(=O)(=O)NCCCN2C[C@@H](C)O[C@@H](C)C2)cc1. The summed E-state index contributed by atoms with van der Waals surface area (Å²) in [7, 11) is -3.48. The Morgan fingerprint density at radius 1 is 1.19 bits per heavy atom. The summed E-state index contributed by atoms with van der Waals surface area (Å²) in [6.07, 6.45) is 1.23. The smallest absolute Gasteiger partial charge is 0.240 e. The predicted molar refractivity (Wildman–Crippen MR) is 103 cm³/mol. The normalized spacial score (nSPS) is 21.9. The summed E-state index contributed by atoms with van der Waals surface area (Å²) in [4.78, 5) is 2.59. The molecule has 1 saturated heterocycles. The van der Waals surface area contributed by atoms with Crippen LogP contribution in [-0.2, 0) is 14.8 Å². The first-order chi connectivity index (χ1) is 12.3. The minimum Gasteiger partial charge on any atom is -0.493 e. The van der Waals surface area contributed by atoms with Crippen LogP contribution in [0.3, 0.4) is 0 Å². The molecule has 148 valence electrons. The Kier molecular flexibility index (Phi) is 7.88. The van der Waals surface area contributed by atoms with Gasteiger partial charge in [0.05, 0.1) is 23.7 Å². The van der Waals surface area contributed by atoms with Gasteiger partial charge < -0.3 is 9.47 Å². The van der Waals surface area contributed by atoms with Crippen LogP contribution in [0.5, 0.6) is 5.75 Å². The maximum atomic E-state index is 12.4. The number of benzene rings is 1. The standard InChI is InChI=1S/C19H32N2O4S/c1-15(2)14-24-18-6-8-19(9-7-18)26(22,23)20-10-5-11-21-12-16(3)25-17(4)13-21/h6-9,15-17,20H,5,10-14H2,1-4H3/t16-,17+. The first-order valence-electron chi connectivity index (χ1n) is 9.36. The monoisotopic (exact) mass is 384 g/mol. The molecule has 2 atom stereocenters. The third-order valence-electron chi connectivity index (χ3n) is 4.16. The van der Waals surface area contributed by atoms with E-state index in [-0.39, 0.29) is 17.1 Å². The molecule has 1 aromatic rings. The molecule has 0 aliphatic carbocycles. The Morgan fingerprint density at radius 2 is 1.81 bits per heavy atom. The first kappa shape index (κ1) is 21.2. The lowest BCUT2D eigenvalue weighted by molar-refractivity contribution is -0.0679. The van der Waals surface area contributed by atoms with Crippen LogP contribution in [0, 0.1) is 5.92 Å². The van der Waals surface area contributed by atoms with E-state index < -0.39 is 10.0 Å². The number of nitrogens with zero attached hydrogens (tertiary/aromatic N) is 1. The molecule has 1 fully saturated rings. The van der Waals surface area contributed by atoms with E-state index in [0.29, 0.717) is 24.8 Å². The molecule has 26 heavy (non-hydrogen) atoms. The highest BCUT2D eigenvalue weighted by atomic mass is 32.2. The van der Waals surface area contributed by atoms with Crippen molar-refractivity contribution >= 4 is 10.0 Å². The quantitative estimate of drug-likeness (QED) is 0.663. The molecule has 7 heteroatoms. The summed E-state index contributed by atoms with van der Waals surface area (Å²) in [6, 6.07) is 6.58. The van der Waals surface area contributed by atoms with Crippen LogP contribution in [0.25, 0.3) is 0 Å². The summed E-state index contributed by atoms with van der Waals surface area (Å²) in [5, 5.41) is 0. The second-order valence-corrected chi connectivity index (χ2v) is 9.21. The van der Waals surface area contributed by atoms with Gasteiger partial charge in [-0.2, -0.15) is 0 Å². The van der Waals surface area contributed by atoms with Crippen molar-refractivity contribution in [1.82, 2.24) is 9.62 Å². The largest absolute Gasteiger partial charge is 0.493 e. The van der Waals surface area contributed by atoms with Gasteiger partial charge in [-0.05, 0) is 57.0 Å². The van der Waals surface area contributed by atoms with Crippen molar-refractivity contribution in [3.8, 4) is 5.75 Å².